The molecule has 1 saturated carbocycles. The maximum atomic E-state index is 5.88. The van der Waals surface area contributed by atoms with Gasteiger partial charge in [-0.25, -0.2) is 0 Å². The van der Waals surface area contributed by atoms with Crippen LogP contribution in [-0.4, -0.2) is 6.04 Å². The van der Waals surface area contributed by atoms with Crippen molar-refractivity contribution in [1.29, 1.82) is 0 Å². The summed E-state index contributed by atoms with van der Waals surface area (Å²) in [4.78, 5) is 0. The van der Waals surface area contributed by atoms with Crippen LogP contribution >= 0.6 is 0 Å². The summed E-state index contributed by atoms with van der Waals surface area (Å²) >= 11 is 0. The molecule has 2 nitrogen and oxygen atoms in total. The Morgan fingerprint density at radius 2 is 1.76 bits per heavy atom. The van der Waals surface area contributed by atoms with Crippen LogP contribution in [0.1, 0.15) is 33.1 Å². The van der Waals surface area contributed by atoms with Crippen LogP contribution in [0, 0.1) is 5.41 Å². The summed E-state index contributed by atoms with van der Waals surface area (Å²) in [6.07, 6.45) is 3.78. The van der Waals surface area contributed by atoms with Gasteiger partial charge in [-0.15, -0.1) is 0 Å². The SMILES string of the molecule is CC1(C)CCC(Nc2cccc(Oc3ccccc3)c2)C1. The van der Waals surface area contributed by atoms with Gasteiger partial charge in [0.25, 0.3) is 0 Å². The highest BCUT2D eigenvalue weighted by atomic mass is 16.5. The van der Waals surface area contributed by atoms with Crippen LogP contribution in [0.4, 0.5) is 5.69 Å². The van der Waals surface area contributed by atoms with E-state index < -0.39 is 0 Å². The second-order valence-electron chi connectivity index (χ2n) is 6.69. The molecule has 0 bridgehead atoms. The second-order valence-corrected chi connectivity index (χ2v) is 6.69. The van der Waals surface area contributed by atoms with Gasteiger partial charge < -0.3 is 10.1 Å². The van der Waals surface area contributed by atoms with Gasteiger partial charge in [-0.3, -0.25) is 0 Å². The minimum absolute atomic E-state index is 0.468. The predicted molar refractivity (Wildman–Crippen MR) is 88.0 cm³/mol. The van der Waals surface area contributed by atoms with E-state index in [2.05, 4.69) is 31.3 Å². The van der Waals surface area contributed by atoms with Gasteiger partial charge in [0.1, 0.15) is 11.5 Å². The summed E-state index contributed by atoms with van der Waals surface area (Å²) in [7, 11) is 0. The Morgan fingerprint density at radius 3 is 2.48 bits per heavy atom. The van der Waals surface area contributed by atoms with Gasteiger partial charge in [-0.2, -0.15) is 0 Å². The van der Waals surface area contributed by atoms with Gasteiger partial charge in [-0.05, 0) is 48.9 Å². The Balaban J connectivity index is 1.66. The zero-order valence-electron chi connectivity index (χ0n) is 12.8. The number of benzene rings is 2. The van der Waals surface area contributed by atoms with Gasteiger partial charge >= 0.3 is 0 Å². The molecule has 21 heavy (non-hydrogen) atoms. The summed E-state index contributed by atoms with van der Waals surface area (Å²) in [5, 5.41) is 3.64. The van der Waals surface area contributed by atoms with Gasteiger partial charge in [-0.1, -0.05) is 38.1 Å². The molecule has 0 saturated heterocycles. The Labute approximate surface area is 127 Å². The fourth-order valence-corrected chi connectivity index (χ4v) is 3.07. The lowest BCUT2D eigenvalue weighted by Crippen LogP contribution is -2.17. The number of hydrogen-bond acceptors (Lipinski definition) is 2. The Morgan fingerprint density at radius 1 is 1.00 bits per heavy atom. The van der Waals surface area contributed by atoms with Crippen LogP contribution in [-0.2, 0) is 0 Å². The van der Waals surface area contributed by atoms with E-state index in [1.807, 2.05) is 42.5 Å². The predicted octanol–water partition coefficient (Wildman–Crippen LogP) is 5.47. The van der Waals surface area contributed by atoms with Gasteiger partial charge in [0.05, 0.1) is 0 Å². The maximum absolute atomic E-state index is 5.88. The highest BCUT2D eigenvalue weighted by Gasteiger charge is 2.30. The standard InChI is InChI=1S/C19H23NO/c1-19(2)12-11-16(14-19)20-15-7-6-10-18(13-15)21-17-8-4-3-5-9-17/h3-10,13,16,20H,11-12,14H2,1-2H3. The second kappa shape index (κ2) is 5.80. The fraction of sp³-hybridized carbons (Fsp3) is 0.368. The van der Waals surface area contributed by atoms with Crippen molar-refractivity contribution in [3.8, 4) is 11.5 Å². The first-order chi connectivity index (χ1) is 10.1. The number of rotatable bonds is 4. The van der Waals surface area contributed by atoms with Crippen molar-refractivity contribution in [2.75, 3.05) is 5.32 Å². The molecule has 0 radical (unpaired) electrons. The molecule has 1 unspecified atom stereocenters. The molecule has 0 amide bonds. The molecule has 1 fully saturated rings. The van der Waals surface area contributed by atoms with Crippen molar-refractivity contribution >= 4 is 5.69 Å². The number of anilines is 1. The van der Waals surface area contributed by atoms with E-state index >= 15 is 0 Å². The summed E-state index contributed by atoms with van der Waals surface area (Å²) in [5.74, 6) is 1.75. The number of hydrogen-bond donors (Lipinski definition) is 1. The molecule has 2 aromatic carbocycles. The van der Waals surface area contributed by atoms with Crippen LogP contribution in [0.25, 0.3) is 0 Å². The lowest BCUT2D eigenvalue weighted by molar-refractivity contribution is 0.378. The van der Waals surface area contributed by atoms with E-state index in [9.17, 15) is 0 Å². The quantitative estimate of drug-likeness (QED) is 0.802. The zero-order chi connectivity index (χ0) is 14.7. The van der Waals surface area contributed by atoms with Crippen LogP contribution in [0.2, 0.25) is 0 Å². The molecular weight excluding hydrogens is 258 g/mol. The molecule has 2 heteroatoms. The van der Waals surface area contributed by atoms with Crippen molar-refractivity contribution in [3.63, 3.8) is 0 Å². The maximum Gasteiger partial charge on any atom is 0.129 e. The molecule has 1 aliphatic carbocycles. The third-order valence-corrected chi connectivity index (χ3v) is 4.15. The molecule has 1 atom stereocenters. The van der Waals surface area contributed by atoms with Crippen molar-refractivity contribution in [3.05, 3.63) is 54.6 Å². The fourth-order valence-electron chi connectivity index (χ4n) is 3.07. The largest absolute Gasteiger partial charge is 0.457 e. The summed E-state index contributed by atoms with van der Waals surface area (Å²) in [5.41, 5.74) is 1.61. The van der Waals surface area contributed by atoms with E-state index in [4.69, 9.17) is 4.74 Å². The van der Waals surface area contributed by atoms with Gasteiger partial charge in [0.2, 0.25) is 0 Å². The van der Waals surface area contributed by atoms with Crippen molar-refractivity contribution in [1.82, 2.24) is 0 Å². The average molecular weight is 281 g/mol. The van der Waals surface area contributed by atoms with Crippen LogP contribution in [0.3, 0.4) is 0 Å². The molecular formula is C19H23NO. The molecule has 0 heterocycles. The smallest absolute Gasteiger partial charge is 0.129 e. The first kappa shape index (κ1) is 14.0. The van der Waals surface area contributed by atoms with Crippen molar-refractivity contribution < 1.29 is 4.74 Å². The van der Waals surface area contributed by atoms with Crippen LogP contribution in [0.15, 0.2) is 54.6 Å². The molecule has 110 valence electrons. The van der Waals surface area contributed by atoms with Crippen LogP contribution < -0.4 is 10.1 Å². The summed E-state index contributed by atoms with van der Waals surface area (Å²) < 4.78 is 5.88. The van der Waals surface area contributed by atoms with E-state index in [1.165, 1.54) is 19.3 Å². The topological polar surface area (TPSA) is 21.3 Å². The summed E-state index contributed by atoms with van der Waals surface area (Å²) in [6, 6.07) is 18.7. The number of nitrogens with one attached hydrogen (secondary N) is 1. The molecule has 0 spiro atoms. The van der Waals surface area contributed by atoms with Gasteiger partial charge in [0.15, 0.2) is 0 Å². The normalized spacial score (nSPS) is 20.2. The van der Waals surface area contributed by atoms with E-state index in [0.29, 0.717) is 11.5 Å². The zero-order valence-corrected chi connectivity index (χ0v) is 12.8. The third-order valence-electron chi connectivity index (χ3n) is 4.15. The molecule has 0 aliphatic heterocycles. The Hall–Kier alpha value is -1.96. The van der Waals surface area contributed by atoms with Crippen molar-refractivity contribution in [2.24, 2.45) is 5.41 Å². The van der Waals surface area contributed by atoms with E-state index in [1.54, 1.807) is 0 Å². The summed E-state index contributed by atoms with van der Waals surface area (Å²) in [6.45, 7) is 4.70. The lowest BCUT2D eigenvalue weighted by Gasteiger charge is -2.19. The molecule has 0 aromatic heterocycles. The van der Waals surface area contributed by atoms with Crippen LogP contribution in [0.5, 0.6) is 11.5 Å². The first-order valence-electron chi connectivity index (χ1n) is 7.70. The van der Waals surface area contributed by atoms with Crippen molar-refractivity contribution in [2.45, 2.75) is 39.2 Å². The highest BCUT2D eigenvalue weighted by molar-refractivity contribution is 5.50. The lowest BCUT2D eigenvalue weighted by atomic mass is 9.92. The minimum atomic E-state index is 0.468. The van der Waals surface area contributed by atoms with E-state index in [-0.39, 0.29) is 0 Å². The molecule has 1 N–H and O–H groups in total. The Bertz CT molecular complexity index is 592. The monoisotopic (exact) mass is 281 g/mol. The Kier molecular flexibility index (Phi) is 3.87. The average Bonchev–Trinajstić information content (AvgIpc) is 2.79. The molecule has 2 aromatic rings. The molecule has 3 rings (SSSR count). The third kappa shape index (κ3) is 3.78. The number of para-hydroxylation sites is 1. The van der Waals surface area contributed by atoms with Gasteiger partial charge in [0, 0.05) is 17.8 Å². The first-order valence-corrected chi connectivity index (χ1v) is 7.70. The highest BCUT2D eigenvalue weighted by Crippen LogP contribution is 2.38. The minimum Gasteiger partial charge on any atom is -0.457 e. The van der Waals surface area contributed by atoms with E-state index in [0.717, 1.165) is 17.2 Å². The molecule has 1 aliphatic rings. The number of ether oxygens (including phenoxy) is 1.